The molecule has 0 atom stereocenters. The fraction of sp³-hybridized carbons (Fsp3) is 0. The molecule has 0 radical (unpaired) electrons. The molecule has 3 aromatic rings. The highest BCUT2D eigenvalue weighted by atomic mass is 16.6. The maximum atomic E-state index is 11.8. The van der Waals surface area contributed by atoms with E-state index in [9.17, 15) is 15.2 Å². The number of non-ortho nitro benzene ring substituents is 1. The van der Waals surface area contributed by atoms with Crippen LogP contribution in [-0.4, -0.2) is 10.2 Å². The van der Waals surface area contributed by atoms with Crippen LogP contribution in [0.2, 0.25) is 0 Å². The Morgan fingerprint density at radius 1 is 1.05 bits per heavy atom. The lowest BCUT2D eigenvalue weighted by Gasteiger charge is -1.98. The minimum atomic E-state index is -0.570. The summed E-state index contributed by atoms with van der Waals surface area (Å²) in [5, 5.41) is 26.2. The number of hydrogen-bond donors (Lipinski definition) is 0. The van der Waals surface area contributed by atoms with Crippen molar-refractivity contribution >= 4 is 5.69 Å². The molecule has 0 aliphatic rings. The molecule has 0 aliphatic heterocycles. The predicted molar refractivity (Wildman–Crippen MR) is 69.6 cm³/mol. The highest BCUT2D eigenvalue weighted by Gasteiger charge is 2.22. The van der Waals surface area contributed by atoms with Gasteiger partial charge in [-0.25, -0.2) is 0 Å². The van der Waals surface area contributed by atoms with Gasteiger partial charge in [0, 0.05) is 24.3 Å². The van der Waals surface area contributed by atoms with Gasteiger partial charge in [0.15, 0.2) is 5.95 Å². The fourth-order valence-electron chi connectivity index (χ4n) is 1.98. The first-order valence-corrected chi connectivity index (χ1v) is 6.06. The van der Waals surface area contributed by atoms with E-state index in [2.05, 4.69) is 5.27 Å². The van der Waals surface area contributed by atoms with Gasteiger partial charge in [0.25, 0.3) is 11.4 Å². The van der Waals surface area contributed by atoms with Crippen LogP contribution in [0.3, 0.4) is 0 Å². The summed E-state index contributed by atoms with van der Waals surface area (Å²) in [7, 11) is 0. The van der Waals surface area contributed by atoms with Crippen LogP contribution in [-0.2, 0) is 0 Å². The molecule has 7 nitrogen and oxygen atoms in total. The van der Waals surface area contributed by atoms with E-state index in [1.807, 2.05) is 6.07 Å². The van der Waals surface area contributed by atoms with Crippen molar-refractivity contribution in [1.29, 1.82) is 0 Å². The summed E-state index contributed by atoms with van der Waals surface area (Å²) in [6.45, 7) is 0. The zero-order chi connectivity index (χ0) is 14.8. The lowest BCUT2D eigenvalue weighted by molar-refractivity contribution is -0.660. The van der Waals surface area contributed by atoms with E-state index in [0.29, 0.717) is 11.3 Å². The first-order valence-electron chi connectivity index (χ1n) is 6.06. The Morgan fingerprint density at radius 3 is 2.33 bits per heavy atom. The van der Waals surface area contributed by atoms with Crippen molar-refractivity contribution in [3.05, 3.63) is 64.7 Å². The Kier molecular flexibility index (Phi) is 3.07. The lowest BCUT2D eigenvalue weighted by Crippen LogP contribution is -2.34. The Balaban J connectivity index is 2.10. The minimum Gasteiger partial charge on any atom is -0.539 e. The predicted octanol–water partition coefficient (Wildman–Crippen LogP) is 1.60. The van der Waals surface area contributed by atoms with Crippen LogP contribution < -0.4 is 9.79 Å². The standard InChI is InChI=1S/C14H9N3O4/c18-14-13(10-4-2-1-3-5-10)16(15-21-14)11-6-8-12(9-7-11)17(19)20/h1-9H. The van der Waals surface area contributed by atoms with Gasteiger partial charge < -0.3 is 9.63 Å². The molecular weight excluding hydrogens is 274 g/mol. The van der Waals surface area contributed by atoms with E-state index in [1.165, 1.54) is 28.9 Å². The van der Waals surface area contributed by atoms with Crippen LogP contribution >= 0.6 is 0 Å². The molecule has 7 heteroatoms. The molecule has 0 amide bonds. The lowest BCUT2D eigenvalue weighted by atomic mass is 10.1. The molecule has 21 heavy (non-hydrogen) atoms. The quantitative estimate of drug-likeness (QED) is 0.413. The van der Waals surface area contributed by atoms with E-state index >= 15 is 0 Å². The molecule has 1 aromatic heterocycles. The van der Waals surface area contributed by atoms with E-state index in [-0.39, 0.29) is 11.4 Å². The molecule has 1 heterocycles. The van der Waals surface area contributed by atoms with E-state index in [1.54, 1.807) is 24.3 Å². The SMILES string of the molecule is O=[N+]([O-])c1ccc(-[n+]2noc([O-])c2-c2ccccc2)cc1. The first-order chi connectivity index (χ1) is 10.2. The van der Waals surface area contributed by atoms with Gasteiger partial charge in [-0.15, -0.1) is 0 Å². The average molecular weight is 283 g/mol. The van der Waals surface area contributed by atoms with Crippen molar-refractivity contribution in [3.63, 3.8) is 0 Å². The van der Waals surface area contributed by atoms with Crippen molar-refractivity contribution in [2.75, 3.05) is 0 Å². The number of benzene rings is 2. The second-order valence-electron chi connectivity index (χ2n) is 4.26. The Morgan fingerprint density at radius 2 is 1.71 bits per heavy atom. The third-order valence-corrected chi connectivity index (χ3v) is 2.96. The number of rotatable bonds is 3. The van der Waals surface area contributed by atoms with Crippen LogP contribution in [0.4, 0.5) is 5.69 Å². The van der Waals surface area contributed by atoms with Gasteiger partial charge in [0.05, 0.1) is 15.8 Å². The third-order valence-electron chi connectivity index (χ3n) is 2.96. The molecule has 0 N–H and O–H groups in total. The van der Waals surface area contributed by atoms with Crippen molar-refractivity contribution in [1.82, 2.24) is 5.27 Å². The van der Waals surface area contributed by atoms with E-state index in [0.717, 1.165) is 0 Å². The smallest absolute Gasteiger partial charge is 0.270 e. The molecule has 104 valence electrons. The van der Waals surface area contributed by atoms with Crippen molar-refractivity contribution in [2.24, 2.45) is 0 Å². The van der Waals surface area contributed by atoms with Crippen LogP contribution in [0.1, 0.15) is 0 Å². The Bertz CT molecular complexity index is 782. The normalized spacial score (nSPS) is 10.5. The van der Waals surface area contributed by atoms with E-state index in [4.69, 9.17) is 4.52 Å². The summed E-state index contributed by atoms with van der Waals surface area (Å²) in [5.74, 6) is -0.570. The van der Waals surface area contributed by atoms with Gasteiger partial charge in [-0.2, -0.15) is 0 Å². The summed E-state index contributed by atoms with van der Waals surface area (Å²) >= 11 is 0. The van der Waals surface area contributed by atoms with Crippen molar-refractivity contribution < 1.29 is 19.2 Å². The number of hydrogen-bond acceptors (Lipinski definition) is 5. The molecule has 2 aromatic carbocycles. The summed E-state index contributed by atoms with van der Waals surface area (Å²) in [6.07, 6.45) is 0. The molecule has 0 aliphatic carbocycles. The molecule has 0 unspecified atom stereocenters. The highest BCUT2D eigenvalue weighted by molar-refractivity contribution is 5.59. The van der Waals surface area contributed by atoms with Crippen molar-refractivity contribution in [3.8, 4) is 22.9 Å². The maximum absolute atomic E-state index is 11.8. The summed E-state index contributed by atoms with van der Waals surface area (Å²) in [5.41, 5.74) is 1.39. The second kappa shape index (κ2) is 5.04. The van der Waals surface area contributed by atoms with Gasteiger partial charge in [-0.3, -0.25) is 10.1 Å². The maximum Gasteiger partial charge on any atom is 0.270 e. The number of nitrogens with zero attached hydrogens (tertiary/aromatic N) is 3. The third kappa shape index (κ3) is 2.32. The summed E-state index contributed by atoms with van der Waals surface area (Å²) in [4.78, 5) is 10.2. The van der Waals surface area contributed by atoms with Gasteiger partial charge in [0.1, 0.15) is 0 Å². The van der Waals surface area contributed by atoms with Gasteiger partial charge >= 0.3 is 0 Å². The molecule has 0 saturated carbocycles. The van der Waals surface area contributed by atoms with Crippen LogP contribution in [0.15, 0.2) is 59.1 Å². The minimum absolute atomic E-state index is 0.0357. The fourth-order valence-corrected chi connectivity index (χ4v) is 1.98. The molecule has 3 rings (SSSR count). The molecule has 0 fully saturated rings. The zero-order valence-corrected chi connectivity index (χ0v) is 10.7. The molecule has 0 saturated heterocycles. The molecular formula is C14H9N3O4. The topological polar surface area (TPSA) is 96.1 Å². The average Bonchev–Trinajstić information content (AvgIpc) is 2.90. The zero-order valence-electron chi connectivity index (χ0n) is 10.7. The van der Waals surface area contributed by atoms with Crippen molar-refractivity contribution in [2.45, 2.75) is 0 Å². The Hall–Kier alpha value is -3.22. The molecule has 0 bridgehead atoms. The summed E-state index contributed by atoms with van der Waals surface area (Å²) < 4.78 is 6.03. The van der Waals surface area contributed by atoms with Gasteiger partial charge in [-0.05, 0) is 16.8 Å². The number of aromatic nitrogens is 2. The monoisotopic (exact) mass is 283 g/mol. The Labute approximate surface area is 118 Å². The number of nitro groups is 1. The summed E-state index contributed by atoms with van der Waals surface area (Å²) in [6, 6.07) is 14.6. The largest absolute Gasteiger partial charge is 0.539 e. The van der Waals surface area contributed by atoms with Gasteiger partial charge in [-0.1, -0.05) is 18.2 Å². The first kappa shape index (κ1) is 12.8. The highest BCUT2D eigenvalue weighted by Crippen LogP contribution is 2.24. The second-order valence-corrected chi connectivity index (χ2v) is 4.26. The van der Waals surface area contributed by atoms with Crippen LogP contribution in [0.5, 0.6) is 5.95 Å². The van der Waals surface area contributed by atoms with E-state index < -0.39 is 10.9 Å². The van der Waals surface area contributed by atoms with Crippen LogP contribution in [0, 0.1) is 10.1 Å². The van der Waals surface area contributed by atoms with Gasteiger partial charge in [0.2, 0.25) is 5.69 Å². The molecule has 0 spiro atoms. The number of nitro benzene ring substituents is 1. The van der Waals surface area contributed by atoms with Crippen LogP contribution in [0.25, 0.3) is 16.9 Å².